The lowest BCUT2D eigenvalue weighted by molar-refractivity contribution is 0.101. The van der Waals surface area contributed by atoms with Crippen LogP contribution < -0.4 is 16.6 Å². The summed E-state index contributed by atoms with van der Waals surface area (Å²) in [6.07, 6.45) is 0. The highest BCUT2D eigenvalue weighted by molar-refractivity contribution is 6.02. The zero-order chi connectivity index (χ0) is 13.1. The second-order valence-corrected chi connectivity index (χ2v) is 3.29. The van der Waals surface area contributed by atoms with Crippen molar-refractivity contribution in [2.24, 2.45) is 0 Å². The molecule has 2 rings (SSSR count). The number of carbonyl (C=O) groups is 1. The molecule has 0 aliphatic carbocycles. The maximum absolute atomic E-state index is 13.3. The van der Waals surface area contributed by atoms with Gasteiger partial charge < -0.3 is 5.32 Å². The van der Waals surface area contributed by atoms with E-state index in [4.69, 9.17) is 0 Å². The van der Waals surface area contributed by atoms with E-state index in [1.165, 1.54) is 18.2 Å². The van der Waals surface area contributed by atoms with Crippen LogP contribution in [0, 0.1) is 5.82 Å². The van der Waals surface area contributed by atoms with Crippen LogP contribution in [0.15, 0.2) is 33.9 Å². The van der Waals surface area contributed by atoms with E-state index >= 15 is 0 Å². The monoisotopic (exact) mass is 250 g/mol. The van der Waals surface area contributed by atoms with Crippen LogP contribution >= 0.6 is 0 Å². The summed E-state index contributed by atoms with van der Waals surface area (Å²) in [7, 11) is 0. The summed E-state index contributed by atoms with van der Waals surface area (Å²) >= 11 is 0. The number of aromatic nitrogens is 3. The Morgan fingerprint density at radius 1 is 1.28 bits per heavy atom. The number of halogens is 1. The number of aromatic amines is 2. The second-order valence-electron chi connectivity index (χ2n) is 3.29. The van der Waals surface area contributed by atoms with Crippen LogP contribution in [0.5, 0.6) is 0 Å². The normalized spacial score (nSPS) is 10.1. The third kappa shape index (κ3) is 2.32. The summed E-state index contributed by atoms with van der Waals surface area (Å²) in [5.41, 5.74) is -2.43. The van der Waals surface area contributed by atoms with Gasteiger partial charge in [-0.1, -0.05) is 12.1 Å². The van der Waals surface area contributed by atoms with E-state index in [0.29, 0.717) is 0 Å². The van der Waals surface area contributed by atoms with E-state index in [1.807, 2.05) is 10.1 Å². The van der Waals surface area contributed by atoms with Crippen molar-refractivity contribution in [3.63, 3.8) is 0 Å². The van der Waals surface area contributed by atoms with Gasteiger partial charge in [0.05, 0.1) is 5.69 Å². The molecule has 1 aromatic carbocycles. The topological polar surface area (TPSA) is 108 Å². The predicted octanol–water partition coefficient (Wildman–Crippen LogP) is -0.150. The number of nitrogens with one attached hydrogen (secondary N) is 3. The molecule has 2 aromatic rings. The molecule has 0 saturated heterocycles. The fraction of sp³-hybridized carbons (Fsp3) is 0. The minimum absolute atomic E-state index is 0.0881. The Bertz CT molecular complexity index is 707. The molecule has 0 unspecified atom stereocenters. The Hall–Kier alpha value is -2.77. The van der Waals surface area contributed by atoms with Gasteiger partial charge in [-0.25, -0.2) is 14.3 Å². The Kier molecular flexibility index (Phi) is 3.00. The number of nitrogens with zero attached hydrogens (tertiary/aromatic N) is 1. The molecule has 0 bridgehead atoms. The molecule has 1 aromatic heterocycles. The largest absolute Gasteiger partial charge is 0.342 e. The zero-order valence-corrected chi connectivity index (χ0v) is 8.86. The first-order valence-corrected chi connectivity index (χ1v) is 4.83. The van der Waals surface area contributed by atoms with Crippen molar-refractivity contribution in [1.29, 1.82) is 0 Å². The Labute approximate surface area is 98.7 Å². The van der Waals surface area contributed by atoms with Gasteiger partial charge in [-0.2, -0.15) is 5.10 Å². The molecule has 3 N–H and O–H groups in total. The lowest BCUT2D eigenvalue weighted by Gasteiger charge is -2.04. The molecule has 0 aliphatic heterocycles. The number of anilines is 1. The number of amides is 1. The molecule has 0 spiro atoms. The van der Waals surface area contributed by atoms with Gasteiger partial charge >= 0.3 is 5.69 Å². The van der Waals surface area contributed by atoms with Gasteiger partial charge in [0.25, 0.3) is 11.5 Å². The summed E-state index contributed by atoms with van der Waals surface area (Å²) in [5, 5.41) is 7.36. The number of benzene rings is 1. The summed E-state index contributed by atoms with van der Waals surface area (Å²) < 4.78 is 13.3. The minimum Gasteiger partial charge on any atom is -0.318 e. The van der Waals surface area contributed by atoms with E-state index in [-0.39, 0.29) is 5.69 Å². The fourth-order valence-corrected chi connectivity index (χ4v) is 1.25. The van der Waals surface area contributed by atoms with Crippen molar-refractivity contribution >= 4 is 11.6 Å². The average molecular weight is 250 g/mol. The van der Waals surface area contributed by atoms with Crippen molar-refractivity contribution in [2.45, 2.75) is 0 Å². The van der Waals surface area contributed by atoms with E-state index < -0.39 is 28.7 Å². The quantitative estimate of drug-likeness (QED) is 0.688. The van der Waals surface area contributed by atoms with Crippen LogP contribution in [0.4, 0.5) is 10.1 Å². The van der Waals surface area contributed by atoms with E-state index in [1.54, 1.807) is 0 Å². The van der Waals surface area contributed by atoms with Gasteiger partial charge in [0.2, 0.25) is 5.69 Å². The first-order valence-electron chi connectivity index (χ1n) is 4.83. The maximum atomic E-state index is 13.3. The molecule has 0 saturated carbocycles. The van der Waals surface area contributed by atoms with Crippen LogP contribution in [0.2, 0.25) is 0 Å². The van der Waals surface area contributed by atoms with Gasteiger partial charge in [0.1, 0.15) is 5.82 Å². The molecule has 1 heterocycles. The standard InChI is InChI=1S/C10H7FN4O3/c11-5-3-1-2-4-6(5)12-8(16)7-9(17)13-10(18)15-14-7/h1-4H,(H,12,16)(H2,13,15,17,18). The number of hydrogen-bond donors (Lipinski definition) is 3. The minimum atomic E-state index is -0.951. The highest BCUT2D eigenvalue weighted by atomic mass is 19.1. The Morgan fingerprint density at radius 2 is 2.00 bits per heavy atom. The summed E-state index contributed by atoms with van der Waals surface area (Å²) in [4.78, 5) is 35.4. The molecule has 8 heteroatoms. The molecule has 7 nitrogen and oxygen atoms in total. The van der Waals surface area contributed by atoms with Crippen molar-refractivity contribution in [3.05, 3.63) is 56.6 Å². The lowest BCUT2D eigenvalue weighted by Crippen LogP contribution is -2.32. The summed E-state index contributed by atoms with van der Waals surface area (Å²) in [6.45, 7) is 0. The number of para-hydroxylation sites is 1. The molecule has 0 radical (unpaired) electrons. The smallest absolute Gasteiger partial charge is 0.318 e. The van der Waals surface area contributed by atoms with Gasteiger partial charge in [-0.15, -0.1) is 0 Å². The van der Waals surface area contributed by atoms with Gasteiger partial charge in [-0.05, 0) is 12.1 Å². The molecule has 1 amide bonds. The van der Waals surface area contributed by atoms with Crippen molar-refractivity contribution in [3.8, 4) is 0 Å². The van der Waals surface area contributed by atoms with Crippen LogP contribution in [0.25, 0.3) is 0 Å². The van der Waals surface area contributed by atoms with Crippen molar-refractivity contribution in [1.82, 2.24) is 15.2 Å². The second kappa shape index (κ2) is 4.62. The summed E-state index contributed by atoms with van der Waals surface area (Å²) in [5.74, 6) is -1.57. The first kappa shape index (κ1) is 11.7. The number of H-pyrrole nitrogens is 2. The molecule has 92 valence electrons. The van der Waals surface area contributed by atoms with Crippen LogP contribution in [0.3, 0.4) is 0 Å². The SMILES string of the molecule is O=C(Nc1ccccc1F)c1n[nH]c(=O)[nH]c1=O. The Balaban J connectivity index is 2.31. The predicted molar refractivity (Wildman–Crippen MR) is 59.8 cm³/mol. The fourth-order valence-electron chi connectivity index (χ4n) is 1.25. The van der Waals surface area contributed by atoms with Crippen LogP contribution in [0.1, 0.15) is 10.5 Å². The number of hydrogen-bond acceptors (Lipinski definition) is 4. The molecule has 18 heavy (non-hydrogen) atoms. The van der Waals surface area contributed by atoms with Gasteiger partial charge in [-0.3, -0.25) is 14.6 Å². The maximum Gasteiger partial charge on any atom is 0.342 e. The van der Waals surface area contributed by atoms with Crippen molar-refractivity contribution < 1.29 is 9.18 Å². The van der Waals surface area contributed by atoms with E-state index in [0.717, 1.165) is 6.07 Å². The Morgan fingerprint density at radius 3 is 2.67 bits per heavy atom. The highest BCUT2D eigenvalue weighted by Gasteiger charge is 2.14. The molecular formula is C10H7FN4O3. The average Bonchev–Trinajstić information content (AvgIpc) is 2.32. The van der Waals surface area contributed by atoms with Crippen LogP contribution in [-0.4, -0.2) is 21.1 Å². The molecule has 0 fully saturated rings. The van der Waals surface area contributed by atoms with Crippen molar-refractivity contribution in [2.75, 3.05) is 5.32 Å². The third-order valence-corrected chi connectivity index (χ3v) is 2.05. The van der Waals surface area contributed by atoms with E-state index in [2.05, 4.69) is 10.4 Å². The molecule has 0 aliphatic rings. The lowest BCUT2D eigenvalue weighted by atomic mass is 10.3. The molecular weight excluding hydrogens is 243 g/mol. The molecule has 0 atom stereocenters. The summed E-state index contributed by atoms with van der Waals surface area (Å²) in [6, 6.07) is 5.45. The zero-order valence-electron chi connectivity index (χ0n) is 8.86. The van der Waals surface area contributed by atoms with Crippen LogP contribution in [-0.2, 0) is 0 Å². The first-order chi connectivity index (χ1) is 8.58. The highest BCUT2D eigenvalue weighted by Crippen LogP contribution is 2.12. The third-order valence-electron chi connectivity index (χ3n) is 2.05. The number of carbonyl (C=O) groups excluding carboxylic acids is 1. The van der Waals surface area contributed by atoms with E-state index in [9.17, 15) is 18.8 Å². The van der Waals surface area contributed by atoms with Gasteiger partial charge in [0.15, 0.2) is 0 Å². The van der Waals surface area contributed by atoms with Gasteiger partial charge in [0, 0.05) is 0 Å². The number of rotatable bonds is 2.